The Bertz CT molecular complexity index is 1460. The van der Waals surface area contributed by atoms with Crippen LogP contribution >= 0.6 is 22.9 Å². The lowest BCUT2D eigenvalue weighted by Crippen LogP contribution is -2.29. The molecular formula is C25H16ClFN2O4S. The normalized spacial score (nSPS) is 17.5. The Morgan fingerprint density at radius 1 is 1.09 bits per heavy atom. The van der Waals surface area contributed by atoms with Gasteiger partial charge in [-0.15, -0.1) is 0 Å². The van der Waals surface area contributed by atoms with Gasteiger partial charge in [-0.3, -0.25) is 14.5 Å². The zero-order chi connectivity index (χ0) is 24.0. The smallest absolute Gasteiger partial charge is 0.301 e. The Morgan fingerprint density at radius 3 is 2.47 bits per heavy atom. The van der Waals surface area contributed by atoms with Gasteiger partial charge in [0, 0.05) is 10.6 Å². The van der Waals surface area contributed by atoms with E-state index >= 15 is 0 Å². The minimum atomic E-state index is -0.954. The third-order valence-electron chi connectivity index (χ3n) is 5.54. The van der Waals surface area contributed by atoms with Gasteiger partial charge in [-0.2, -0.15) is 0 Å². The van der Waals surface area contributed by atoms with Gasteiger partial charge in [0.1, 0.15) is 17.3 Å². The Kier molecular flexibility index (Phi) is 5.55. The second-order valence-electron chi connectivity index (χ2n) is 7.56. The number of carbonyl (C=O) groups is 2. The molecule has 0 bridgehead atoms. The maximum Gasteiger partial charge on any atom is 0.301 e. The maximum absolute atomic E-state index is 13.4. The van der Waals surface area contributed by atoms with Gasteiger partial charge >= 0.3 is 5.91 Å². The van der Waals surface area contributed by atoms with Crippen molar-refractivity contribution in [2.75, 3.05) is 12.0 Å². The molecule has 2 heterocycles. The second kappa shape index (κ2) is 8.55. The third-order valence-corrected chi connectivity index (χ3v) is 6.81. The largest absolute Gasteiger partial charge is 0.507 e. The molecular weight excluding hydrogens is 479 g/mol. The van der Waals surface area contributed by atoms with Crippen LogP contribution in [-0.4, -0.2) is 28.9 Å². The highest BCUT2D eigenvalue weighted by Gasteiger charge is 2.48. The van der Waals surface area contributed by atoms with Crippen LogP contribution in [0.4, 0.5) is 9.52 Å². The number of thiazole rings is 1. The van der Waals surface area contributed by atoms with Crippen LogP contribution in [0.5, 0.6) is 5.75 Å². The Hall–Kier alpha value is -3.75. The SMILES string of the molecule is COc1ccc2nc(N3C(=O)C(=O)/C(=C(/O)c4ccc(F)cc4)C3c3ccc(Cl)cc3)sc2c1. The molecule has 6 nitrogen and oxygen atoms in total. The Labute approximate surface area is 202 Å². The molecule has 34 heavy (non-hydrogen) atoms. The van der Waals surface area contributed by atoms with Gasteiger partial charge in [-0.25, -0.2) is 9.37 Å². The fourth-order valence-electron chi connectivity index (χ4n) is 3.88. The molecule has 170 valence electrons. The number of carbonyl (C=O) groups excluding carboxylic acids is 2. The lowest BCUT2D eigenvalue weighted by atomic mass is 9.95. The first-order valence-electron chi connectivity index (χ1n) is 10.1. The molecule has 5 rings (SSSR count). The van der Waals surface area contributed by atoms with E-state index in [1.54, 1.807) is 49.6 Å². The average Bonchev–Trinajstić information content (AvgIpc) is 3.37. The van der Waals surface area contributed by atoms with Crippen molar-refractivity contribution in [2.24, 2.45) is 0 Å². The summed E-state index contributed by atoms with van der Waals surface area (Å²) in [5, 5.41) is 11.8. The number of hydrogen-bond donors (Lipinski definition) is 1. The van der Waals surface area contributed by atoms with Crippen LogP contribution in [0.25, 0.3) is 16.0 Å². The summed E-state index contributed by atoms with van der Waals surface area (Å²) >= 11 is 7.28. The van der Waals surface area contributed by atoms with Gasteiger partial charge < -0.3 is 9.84 Å². The van der Waals surface area contributed by atoms with Crippen LogP contribution in [-0.2, 0) is 9.59 Å². The summed E-state index contributed by atoms with van der Waals surface area (Å²) in [6.07, 6.45) is 0. The second-order valence-corrected chi connectivity index (χ2v) is 9.00. The molecule has 1 saturated heterocycles. The van der Waals surface area contributed by atoms with Gasteiger partial charge in [0.2, 0.25) is 0 Å². The molecule has 1 unspecified atom stereocenters. The zero-order valence-corrected chi connectivity index (χ0v) is 19.2. The van der Waals surface area contributed by atoms with Crippen LogP contribution in [0.3, 0.4) is 0 Å². The molecule has 0 aliphatic carbocycles. The molecule has 1 aliphatic heterocycles. The first-order chi connectivity index (χ1) is 16.4. The van der Waals surface area contributed by atoms with Crippen molar-refractivity contribution in [3.05, 3.63) is 94.3 Å². The first kappa shape index (κ1) is 22.1. The van der Waals surface area contributed by atoms with Crippen molar-refractivity contribution in [2.45, 2.75) is 6.04 Å². The number of amides is 1. The summed E-state index contributed by atoms with van der Waals surface area (Å²) in [5.74, 6) is -1.94. The number of ketones is 1. The third kappa shape index (κ3) is 3.70. The zero-order valence-electron chi connectivity index (χ0n) is 17.7. The molecule has 1 N–H and O–H groups in total. The van der Waals surface area contributed by atoms with Crippen molar-refractivity contribution >= 4 is 55.7 Å². The quantitative estimate of drug-likeness (QED) is 0.223. The Balaban J connectivity index is 1.71. The highest BCUT2D eigenvalue weighted by molar-refractivity contribution is 7.22. The van der Waals surface area contributed by atoms with E-state index in [9.17, 15) is 19.1 Å². The summed E-state index contributed by atoms with van der Waals surface area (Å²) in [6, 6.07) is 16.0. The van der Waals surface area contributed by atoms with Gasteiger partial charge in [0.25, 0.3) is 5.78 Å². The molecule has 0 radical (unpaired) electrons. The van der Waals surface area contributed by atoms with Crippen molar-refractivity contribution in [1.29, 1.82) is 0 Å². The number of aliphatic hydroxyl groups excluding tert-OH is 1. The molecule has 3 aromatic carbocycles. The summed E-state index contributed by atoms with van der Waals surface area (Å²) in [4.78, 5) is 32.3. The lowest BCUT2D eigenvalue weighted by Gasteiger charge is -2.23. The molecule has 1 fully saturated rings. The fraction of sp³-hybridized carbons (Fsp3) is 0.0800. The maximum atomic E-state index is 13.4. The van der Waals surface area contributed by atoms with Crippen LogP contribution < -0.4 is 9.64 Å². The number of anilines is 1. The molecule has 4 aromatic rings. The van der Waals surface area contributed by atoms with E-state index in [1.807, 2.05) is 0 Å². The number of nitrogens with zero attached hydrogens (tertiary/aromatic N) is 2. The van der Waals surface area contributed by atoms with Gasteiger partial charge in [-0.1, -0.05) is 35.1 Å². The number of hydrogen-bond acceptors (Lipinski definition) is 6. The van der Waals surface area contributed by atoms with E-state index in [0.717, 1.165) is 4.70 Å². The molecule has 1 aromatic heterocycles. The van der Waals surface area contributed by atoms with Crippen molar-refractivity contribution in [3.63, 3.8) is 0 Å². The summed E-state index contributed by atoms with van der Waals surface area (Å²) in [5.41, 5.74) is 1.29. The van der Waals surface area contributed by atoms with Gasteiger partial charge in [0.15, 0.2) is 5.13 Å². The lowest BCUT2D eigenvalue weighted by molar-refractivity contribution is -0.132. The number of fused-ring (bicyclic) bond motifs is 1. The van der Waals surface area contributed by atoms with E-state index in [2.05, 4.69) is 4.98 Å². The van der Waals surface area contributed by atoms with Crippen molar-refractivity contribution < 1.29 is 23.8 Å². The standard InChI is InChI=1S/C25H16ClFN2O4S/c1-33-17-10-11-18-19(12-17)34-25(28-18)29-21(13-2-6-15(26)7-3-13)20(23(31)24(29)32)22(30)14-4-8-16(27)9-5-14/h2-12,21,30H,1H3/b22-20+. The number of rotatable bonds is 4. The summed E-state index contributed by atoms with van der Waals surface area (Å²) < 4.78 is 19.5. The number of Topliss-reactive ketones (excluding diaryl/α,β-unsaturated/α-hetero) is 1. The number of aromatic nitrogens is 1. The minimum Gasteiger partial charge on any atom is -0.507 e. The average molecular weight is 495 g/mol. The fourth-order valence-corrected chi connectivity index (χ4v) is 5.02. The molecule has 0 saturated carbocycles. The van der Waals surface area contributed by atoms with E-state index in [4.69, 9.17) is 16.3 Å². The van der Waals surface area contributed by atoms with Crippen LogP contribution in [0.1, 0.15) is 17.2 Å². The molecule has 1 amide bonds. The number of aliphatic hydroxyl groups is 1. The number of halogens is 2. The predicted molar refractivity (Wildman–Crippen MR) is 129 cm³/mol. The van der Waals surface area contributed by atoms with Crippen molar-refractivity contribution in [3.8, 4) is 5.75 Å². The first-order valence-corrected chi connectivity index (χ1v) is 11.3. The number of methoxy groups -OCH3 is 1. The van der Waals surface area contributed by atoms with Crippen LogP contribution in [0.2, 0.25) is 5.02 Å². The predicted octanol–water partition coefficient (Wildman–Crippen LogP) is 5.72. The minimum absolute atomic E-state index is 0.115. The monoisotopic (exact) mass is 494 g/mol. The van der Waals surface area contributed by atoms with E-state index in [0.29, 0.717) is 27.0 Å². The molecule has 1 atom stereocenters. The molecule has 0 spiro atoms. The topological polar surface area (TPSA) is 79.7 Å². The van der Waals surface area contributed by atoms with E-state index in [1.165, 1.54) is 40.5 Å². The van der Waals surface area contributed by atoms with E-state index < -0.39 is 29.3 Å². The van der Waals surface area contributed by atoms with Gasteiger partial charge in [-0.05, 0) is 60.2 Å². The van der Waals surface area contributed by atoms with Crippen LogP contribution in [0.15, 0.2) is 72.3 Å². The highest BCUT2D eigenvalue weighted by Crippen LogP contribution is 2.44. The van der Waals surface area contributed by atoms with E-state index in [-0.39, 0.29) is 11.1 Å². The summed E-state index contributed by atoms with van der Waals surface area (Å²) in [7, 11) is 1.55. The highest BCUT2D eigenvalue weighted by atomic mass is 35.5. The van der Waals surface area contributed by atoms with Crippen molar-refractivity contribution in [1.82, 2.24) is 4.98 Å². The number of ether oxygens (including phenoxy) is 1. The van der Waals surface area contributed by atoms with Crippen LogP contribution in [0, 0.1) is 5.82 Å². The van der Waals surface area contributed by atoms with Gasteiger partial charge in [0.05, 0.1) is 28.9 Å². The summed E-state index contributed by atoms with van der Waals surface area (Å²) in [6.45, 7) is 0. The number of benzene rings is 3. The molecule has 1 aliphatic rings. The molecule has 9 heteroatoms. The Morgan fingerprint density at radius 2 is 1.79 bits per heavy atom.